The van der Waals surface area contributed by atoms with Gasteiger partial charge in [-0.05, 0) is 30.3 Å². The normalized spacial score (nSPS) is 12.7. The molecule has 3 rings (SSSR count). The summed E-state index contributed by atoms with van der Waals surface area (Å²) < 4.78 is 4.82. The standard InChI is InChI=1S/C18H11ClN2O7/c19-11-6-4-10(5-7-11)14(22)9-28-15(23)8-20-17(24)12-2-1-3-13(21(26)27)16(12)18(20)25/h1-7H,8-9H2. The molecular formula is C18H11ClN2O7. The number of ketones is 1. The van der Waals surface area contributed by atoms with Crippen molar-refractivity contribution in [3.63, 3.8) is 0 Å². The van der Waals surface area contributed by atoms with Crippen LogP contribution in [0.5, 0.6) is 0 Å². The molecule has 0 saturated heterocycles. The summed E-state index contributed by atoms with van der Waals surface area (Å²) in [5, 5.41) is 11.5. The molecule has 1 aliphatic rings. The molecule has 0 spiro atoms. The van der Waals surface area contributed by atoms with Crippen molar-refractivity contribution in [1.29, 1.82) is 0 Å². The van der Waals surface area contributed by atoms with E-state index in [0.29, 0.717) is 9.92 Å². The summed E-state index contributed by atoms with van der Waals surface area (Å²) in [6.07, 6.45) is 0. The minimum atomic E-state index is -1.00. The van der Waals surface area contributed by atoms with Crippen molar-refractivity contribution >= 4 is 40.9 Å². The van der Waals surface area contributed by atoms with Gasteiger partial charge >= 0.3 is 5.97 Å². The second-order valence-corrected chi connectivity index (χ2v) is 6.18. The first kappa shape index (κ1) is 19.2. The molecule has 0 saturated carbocycles. The third kappa shape index (κ3) is 3.60. The van der Waals surface area contributed by atoms with E-state index in [1.165, 1.54) is 36.4 Å². The van der Waals surface area contributed by atoms with Gasteiger partial charge in [0.05, 0.1) is 10.5 Å². The van der Waals surface area contributed by atoms with Crippen LogP contribution in [-0.4, -0.2) is 46.5 Å². The van der Waals surface area contributed by atoms with Crippen LogP contribution in [0.25, 0.3) is 0 Å². The van der Waals surface area contributed by atoms with Crippen molar-refractivity contribution in [2.24, 2.45) is 0 Å². The van der Waals surface area contributed by atoms with Crippen molar-refractivity contribution < 1.29 is 28.8 Å². The van der Waals surface area contributed by atoms with Crippen molar-refractivity contribution in [3.05, 3.63) is 74.3 Å². The zero-order chi connectivity index (χ0) is 20.4. The van der Waals surface area contributed by atoms with Gasteiger partial charge in [-0.25, -0.2) is 0 Å². The number of imide groups is 1. The first-order valence-corrected chi connectivity index (χ1v) is 8.25. The summed E-state index contributed by atoms with van der Waals surface area (Å²) >= 11 is 5.73. The molecule has 0 N–H and O–H groups in total. The van der Waals surface area contributed by atoms with Crippen LogP contribution < -0.4 is 0 Å². The number of nitrogens with zero attached hydrogens (tertiary/aromatic N) is 2. The van der Waals surface area contributed by atoms with Crippen LogP contribution in [0, 0.1) is 10.1 Å². The average Bonchev–Trinajstić information content (AvgIpc) is 2.91. The number of hydrogen-bond donors (Lipinski definition) is 0. The Morgan fingerprint density at radius 1 is 1.07 bits per heavy atom. The van der Waals surface area contributed by atoms with E-state index in [2.05, 4.69) is 0 Å². The van der Waals surface area contributed by atoms with Crippen molar-refractivity contribution in [2.45, 2.75) is 0 Å². The number of nitro benzene ring substituents is 1. The lowest BCUT2D eigenvalue weighted by Gasteiger charge is -2.12. The number of halogens is 1. The number of fused-ring (bicyclic) bond motifs is 1. The monoisotopic (exact) mass is 402 g/mol. The molecule has 1 aliphatic heterocycles. The maximum absolute atomic E-state index is 12.4. The summed E-state index contributed by atoms with van der Waals surface area (Å²) in [6.45, 7) is -1.36. The number of hydrogen-bond acceptors (Lipinski definition) is 7. The lowest BCUT2D eigenvalue weighted by atomic mass is 10.1. The molecule has 9 nitrogen and oxygen atoms in total. The number of rotatable bonds is 6. The van der Waals surface area contributed by atoms with E-state index in [0.717, 1.165) is 6.07 Å². The average molecular weight is 403 g/mol. The number of nitro groups is 1. The molecular weight excluding hydrogens is 392 g/mol. The molecule has 0 bridgehead atoms. The molecule has 0 atom stereocenters. The first-order chi connectivity index (χ1) is 13.3. The maximum atomic E-state index is 12.4. The zero-order valence-electron chi connectivity index (χ0n) is 14.1. The summed E-state index contributed by atoms with van der Waals surface area (Å²) in [5.74, 6) is -3.31. The molecule has 0 aliphatic carbocycles. The molecule has 0 unspecified atom stereocenters. The minimum Gasteiger partial charge on any atom is -0.456 e. The van der Waals surface area contributed by atoms with Gasteiger partial charge in [-0.15, -0.1) is 0 Å². The van der Waals surface area contributed by atoms with E-state index in [1.54, 1.807) is 0 Å². The lowest BCUT2D eigenvalue weighted by Crippen LogP contribution is -2.36. The Morgan fingerprint density at radius 3 is 2.39 bits per heavy atom. The molecule has 0 aromatic heterocycles. The van der Waals surface area contributed by atoms with Crippen LogP contribution in [0.2, 0.25) is 5.02 Å². The molecule has 1 heterocycles. The highest BCUT2D eigenvalue weighted by atomic mass is 35.5. The van der Waals surface area contributed by atoms with Crippen LogP contribution in [0.4, 0.5) is 5.69 Å². The summed E-state index contributed by atoms with van der Waals surface area (Å²) in [6, 6.07) is 9.55. The van der Waals surface area contributed by atoms with E-state index in [4.69, 9.17) is 16.3 Å². The van der Waals surface area contributed by atoms with Crippen LogP contribution in [0.1, 0.15) is 31.1 Å². The topological polar surface area (TPSA) is 124 Å². The zero-order valence-corrected chi connectivity index (χ0v) is 14.8. The predicted molar refractivity (Wildman–Crippen MR) is 95.2 cm³/mol. The highest BCUT2D eigenvalue weighted by molar-refractivity contribution is 6.30. The summed E-state index contributed by atoms with van der Waals surface area (Å²) in [5.41, 5.74) is -0.787. The van der Waals surface area contributed by atoms with Gasteiger partial charge in [0.25, 0.3) is 17.5 Å². The van der Waals surface area contributed by atoms with Gasteiger partial charge in [0.2, 0.25) is 0 Å². The molecule has 0 radical (unpaired) electrons. The van der Waals surface area contributed by atoms with E-state index in [-0.39, 0.29) is 16.7 Å². The largest absolute Gasteiger partial charge is 0.456 e. The van der Waals surface area contributed by atoms with Crippen LogP contribution in [0.15, 0.2) is 42.5 Å². The highest BCUT2D eigenvalue weighted by Crippen LogP contribution is 2.30. The fourth-order valence-electron chi connectivity index (χ4n) is 2.65. The number of ether oxygens (including phenoxy) is 1. The summed E-state index contributed by atoms with van der Waals surface area (Å²) in [7, 11) is 0. The van der Waals surface area contributed by atoms with Crippen molar-refractivity contribution in [1.82, 2.24) is 4.90 Å². The van der Waals surface area contributed by atoms with Gasteiger partial charge in [-0.3, -0.25) is 34.2 Å². The third-order valence-electron chi connectivity index (χ3n) is 3.99. The Hall–Kier alpha value is -3.59. The van der Waals surface area contributed by atoms with E-state index < -0.39 is 47.3 Å². The predicted octanol–water partition coefficient (Wildman–Crippen LogP) is 2.27. The van der Waals surface area contributed by atoms with Gasteiger partial charge in [0.1, 0.15) is 12.1 Å². The van der Waals surface area contributed by atoms with Crippen molar-refractivity contribution in [2.75, 3.05) is 13.2 Å². The Kier molecular flexibility index (Phi) is 5.18. The maximum Gasteiger partial charge on any atom is 0.326 e. The fourth-order valence-corrected chi connectivity index (χ4v) is 2.78. The fraction of sp³-hybridized carbons (Fsp3) is 0.111. The Balaban J connectivity index is 1.66. The minimum absolute atomic E-state index is 0.163. The second-order valence-electron chi connectivity index (χ2n) is 5.74. The van der Waals surface area contributed by atoms with Crippen LogP contribution in [-0.2, 0) is 9.53 Å². The Bertz CT molecular complexity index is 1020. The van der Waals surface area contributed by atoms with Gasteiger partial charge in [0.15, 0.2) is 12.4 Å². The van der Waals surface area contributed by atoms with Crippen LogP contribution >= 0.6 is 11.6 Å². The third-order valence-corrected chi connectivity index (χ3v) is 4.24. The quantitative estimate of drug-likeness (QED) is 0.238. The molecule has 2 aromatic rings. The summed E-state index contributed by atoms with van der Waals surface area (Å²) in [4.78, 5) is 59.5. The second kappa shape index (κ2) is 7.57. The number of Topliss-reactive ketones (excluding diaryl/α,β-unsaturated/α-hetero) is 1. The van der Waals surface area contributed by atoms with Gasteiger partial charge in [0, 0.05) is 16.7 Å². The Labute approximate surface area is 162 Å². The van der Waals surface area contributed by atoms with Gasteiger partial charge < -0.3 is 4.74 Å². The number of benzene rings is 2. The molecule has 142 valence electrons. The van der Waals surface area contributed by atoms with Crippen LogP contribution in [0.3, 0.4) is 0 Å². The lowest BCUT2D eigenvalue weighted by molar-refractivity contribution is -0.385. The number of esters is 1. The number of carbonyl (C=O) groups excluding carboxylic acids is 4. The van der Waals surface area contributed by atoms with E-state index >= 15 is 0 Å². The number of amides is 2. The first-order valence-electron chi connectivity index (χ1n) is 7.87. The van der Waals surface area contributed by atoms with Crippen molar-refractivity contribution in [3.8, 4) is 0 Å². The Morgan fingerprint density at radius 2 is 1.75 bits per heavy atom. The molecule has 2 amide bonds. The SMILES string of the molecule is O=C(CN1C(=O)c2cccc([N+](=O)[O-])c2C1=O)OCC(=O)c1ccc(Cl)cc1. The molecule has 2 aromatic carbocycles. The molecule has 10 heteroatoms. The smallest absolute Gasteiger partial charge is 0.326 e. The van der Waals surface area contributed by atoms with Gasteiger partial charge in [-0.2, -0.15) is 0 Å². The van der Waals surface area contributed by atoms with E-state index in [1.807, 2.05) is 0 Å². The molecule has 28 heavy (non-hydrogen) atoms. The molecule has 0 fully saturated rings. The van der Waals surface area contributed by atoms with E-state index in [9.17, 15) is 29.3 Å². The highest BCUT2D eigenvalue weighted by Gasteiger charge is 2.41. The number of carbonyl (C=O) groups is 4. The van der Waals surface area contributed by atoms with Gasteiger partial charge in [-0.1, -0.05) is 17.7 Å².